The lowest BCUT2D eigenvalue weighted by Crippen LogP contribution is -2.38. The first-order valence-corrected chi connectivity index (χ1v) is 5.98. The maximum absolute atomic E-state index is 13.7. The maximum Gasteiger partial charge on any atom is 0.207 e. The summed E-state index contributed by atoms with van der Waals surface area (Å²) in [4.78, 5) is 0. The number of halogens is 6. The van der Waals surface area contributed by atoms with Crippen molar-refractivity contribution in [3.8, 4) is 5.75 Å². The van der Waals surface area contributed by atoms with Gasteiger partial charge < -0.3 is 4.74 Å². The molecule has 8 heteroatoms. The van der Waals surface area contributed by atoms with E-state index in [4.69, 9.17) is 0 Å². The molecular formula is C14H8BF6O. The van der Waals surface area contributed by atoms with E-state index < -0.39 is 51.4 Å². The first-order chi connectivity index (χ1) is 10.3. The van der Waals surface area contributed by atoms with Gasteiger partial charge in [0.2, 0.25) is 7.28 Å². The van der Waals surface area contributed by atoms with Gasteiger partial charge in [0.05, 0.1) is 7.11 Å². The van der Waals surface area contributed by atoms with Crippen molar-refractivity contribution in [1.82, 2.24) is 0 Å². The quantitative estimate of drug-likeness (QED) is 0.480. The van der Waals surface area contributed by atoms with Crippen molar-refractivity contribution in [2.75, 3.05) is 7.11 Å². The number of benzene rings is 2. The highest BCUT2D eigenvalue weighted by molar-refractivity contribution is 6.67. The van der Waals surface area contributed by atoms with Gasteiger partial charge in [0.1, 0.15) is 17.4 Å². The van der Waals surface area contributed by atoms with E-state index in [-0.39, 0.29) is 5.75 Å². The molecule has 0 saturated carbocycles. The van der Waals surface area contributed by atoms with Crippen LogP contribution in [0.3, 0.4) is 0 Å². The topological polar surface area (TPSA) is 9.23 Å². The molecule has 115 valence electrons. The fraction of sp³-hybridized carbons (Fsp3) is 0.143. The van der Waals surface area contributed by atoms with Crippen molar-refractivity contribution in [2.45, 2.75) is 6.92 Å². The van der Waals surface area contributed by atoms with Gasteiger partial charge in [0.15, 0.2) is 23.3 Å². The fourth-order valence-corrected chi connectivity index (χ4v) is 1.85. The van der Waals surface area contributed by atoms with Gasteiger partial charge in [-0.2, -0.15) is 0 Å². The van der Waals surface area contributed by atoms with Gasteiger partial charge in [-0.1, -0.05) is 0 Å². The third-order valence-corrected chi connectivity index (χ3v) is 3.09. The predicted octanol–water partition coefficient (Wildman–Crippen LogP) is 2.49. The molecule has 2 aromatic carbocycles. The van der Waals surface area contributed by atoms with Crippen molar-refractivity contribution in [3.05, 3.63) is 52.6 Å². The lowest BCUT2D eigenvalue weighted by atomic mass is 9.62. The Morgan fingerprint density at radius 3 is 1.64 bits per heavy atom. The Labute approximate surface area is 122 Å². The molecule has 1 radical (unpaired) electrons. The molecule has 0 spiro atoms. The van der Waals surface area contributed by atoms with Gasteiger partial charge >= 0.3 is 0 Å². The van der Waals surface area contributed by atoms with Crippen molar-refractivity contribution in [2.24, 2.45) is 0 Å². The molecule has 22 heavy (non-hydrogen) atoms. The summed E-state index contributed by atoms with van der Waals surface area (Å²) in [5.74, 6) is -9.26. The molecule has 0 aliphatic rings. The van der Waals surface area contributed by atoms with Crippen molar-refractivity contribution in [3.63, 3.8) is 0 Å². The molecule has 0 bridgehead atoms. The van der Waals surface area contributed by atoms with Crippen LogP contribution in [0.4, 0.5) is 26.3 Å². The SMILES string of the molecule is COc1cc(F)c([B]c2c(F)c(F)c(C)c(F)c2F)c(F)c1. The molecule has 0 saturated heterocycles. The van der Waals surface area contributed by atoms with Crippen molar-refractivity contribution < 1.29 is 31.1 Å². The summed E-state index contributed by atoms with van der Waals surface area (Å²) in [6.07, 6.45) is 0. The fourth-order valence-electron chi connectivity index (χ4n) is 1.85. The summed E-state index contributed by atoms with van der Waals surface area (Å²) in [5.41, 5.74) is -2.91. The van der Waals surface area contributed by atoms with Crippen LogP contribution in [0, 0.1) is 41.8 Å². The Kier molecular flexibility index (Phi) is 4.39. The van der Waals surface area contributed by atoms with Crippen LogP contribution in [0.15, 0.2) is 12.1 Å². The zero-order chi connectivity index (χ0) is 16.6. The maximum atomic E-state index is 13.7. The van der Waals surface area contributed by atoms with Crippen LogP contribution in [-0.2, 0) is 0 Å². The van der Waals surface area contributed by atoms with Gasteiger partial charge in [-0.15, -0.1) is 0 Å². The first kappa shape index (κ1) is 16.3. The second kappa shape index (κ2) is 5.94. The Hall–Kier alpha value is -2.12. The Morgan fingerprint density at radius 2 is 1.23 bits per heavy atom. The zero-order valence-electron chi connectivity index (χ0n) is 11.4. The second-order valence-electron chi connectivity index (χ2n) is 4.44. The van der Waals surface area contributed by atoms with E-state index in [2.05, 4.69) is 4.74 Å². The second-order valence-corrected chi connectivity index (χ2v) is 4.44. The first-order valence-electron chi connectivity index (χ1n) is 5.98. The lowest BCUT2D eigenvalue weighted by Gasteiger charge is -2.11. The Balaban J connectivity index is 2.58. The number of methoxy groups -OCH3 is 1. The summed E-state index contributed by atoms with van der Waals surface area (Å²) in [6, 6.07) is 1.54. The van der Waals surface area contributed by atoms with Gasteiger partial charge in [-0.05, 0) is 17.8 Å². The van der Waals surface area contributed by atoms with Crippen LogP contribution in [0.25, 0.3) is 0 Å². The molecule has 0 aliphatic carbocycles. The van der Waals surface area contributed by atoms with Crippen LogP contribution in [0.2, 0.25) is 0 Å². The van der Waals surface area contributed by atoms with Crippen LogP contribution >= 0.6 is 0 Å². The summed E-state index contributed by atoms with van der Waals surface area (Å²) in [7, 11) is 1.53. The number of rotatable bonds is 3. The molecule has 2 rings (SSSR count). The van der Waals surface area contributed by atoms with Gasteiger partial charge in [-0.25, -0.2) is 26.3 Å². The van der Waals surface area contributed by atoms with E-state index in [1.807, 2.05) is 0 Å². The summed E-state index contributed by atoms with van der Waals surface area (Å²) in [5, 5.41) is 0. The molecule has 0 N–H and O–H groups in total. The minimum Gasteiger partial charge on any atom is -0.497 e. The van der Waals surface area contributed by atoms with E-state index in [1.54, 1.807) is 0 Å². The van der Waals surface area contributed by atoms with E-state index >= 15 is 0 Å². The molecule has 0 aromatic heterocycles. The van der Waals surface area contributed by atoms with E-state index in [0.29, 0.717) is 7.28 Å². The lowest BCUT2D eigenvalue weighted by molar-refractivity contribution is 0.407. The summed E-state index contributed by atoms with van der Waals surface area (Å²) < 4.78 is 86.4. The van der Waals surface area contributed by atoms with Crippen molar-refractivity contribution in [1.29, 1.82) is 0 Å². The average molecular weight is 317 g/mol. The van der Waals surface area contributed by atoms with Crippen LogP contribution < -0.4 is 15.7 Å². The normalized spacial score (nSPS) is 10.7. The highest BCUT2D eigenvalue weighted by atomic mass is 19.2. The minimum atomic E-state index is -1.73. The zero-order valence-corrected chi connectivity index (χ0v) is 11.4. The third-order valence-electron chi connectivity index (χ3n) is 3.09. The Bertz CT molecular complexity index is 695. The molecule has 1 nitrogen and oxygen atoms in total. The number of ether oxygens (including phenoxy) is 1. The number of hydrogen-bond acceptors (Lipinski definition) is 1. The van der Waals surface area contributed by atoms with Crippen LogP contribution in [0.1, 0.15) is 5.56 Å². The summed E-state index contributed by atoms with van der Waals surface area (Å²) in [6.45, 7) is 0.842. The molecule has 0 amide bonds. The van der Waals surface area contributed by atoms with Crippen LogP contribution in [-0.4, -0.2) is 14.4 Å². The van der Waals surface area contributed by atoms with Gasteiger partial charge in [0.25, 0.3) is 0 Å². The molecule has 0 heterocycles. The van der Waals surface area contributed by atoms with Crippen molar-refractivity contribution >= 4 is 18.2 Å². The monoisotopic (exact) mass is 317 g/mol. The van der Waals surface area contributed by atoms with E-state index in [9.17, 15) is 26.3 Å². The standard InChI is InChI=1S/C14H8BF6O/c1-5-11(18)13(20)10(14(21)12(5)19)15-9-7(16)3-6(22-2)4-8(9)17/h3-4H,1-2H3. The molecule has 2 aromatic rings. The number of hydrogen-bond donors (Lipinski definition) is 0. The highest BCUT2D eigenvalue weighted by Crippen LogP contribution is 2.17. The van der Waals surface area contributed by atoms with E-state index in [0.717, 1.165) is 19.1 Å². The Morgan fingerprint density at radius 1 is 0.773 bits per heavy atom. The molecule has 0 aliphatic heterocycles. The predicted molar refractivity (Wildman–Crippen MR) is 68.9 cm³/mol. The van der Waals surface area contributed by atoms with E-state index in [1.165, 1.54) is 7.11 Å². The third kappa shape index (κ3) is 2.65. The largest absolute Gasteiger partial charge is 0.497 e. The average Bonchev–Trinajstić information content (AvgIpc) is 2.49. The molecule has 0 fully saturated rings. The molecular weight excluding hydrogens is 309 g/mol. The minimum absolute atomic E-state index is 0.158. The van der Waals surface area contributed by atoms with Crippen LogP contribution in [0.5, 0.6) is 5.75 Å². The highest BCUT2D eigenvalue weighted by Gasteiger charge is 2.25. The van der Waals surface area contributed by atoms with Gasteiger partial charge in [0, 0.05) is 17.7 Å². The smallest absolute Gasteiger partial charge is 0.207 e. The molecule has 0 atom stereocenters. The van der Waals surface area contributed by atoms with Gasteiger partial charge in [-0.3, -0.25) is 0 Å². The summed E-state index contributed by atoms with van der Waals surface area (Å²) >= 11 is 0. The molecule has 0 unspecified atom stereocenters.